The molecule has 10 heteroatoms. The van der Waals surface area contributed by atoms with Crippen LogP contribution in [0.2, 0.25) is 0 Å². The summed E-state index contributed by atoms with van der Waals surface area (Å²) in [5.74, 6) is -0.858. The molecular weight excluding hydrogens is 629 g/mol. The van der Waals surface area contributed by atoms with Gasteiger partial charge in [-0.3, -0.25) is 18.6 Å². The van der Waals surface area contributed by atoms with Gasteiger partial charge in [-0.25, -0.2) is 4.57 Å². The first-order valence-electron chi connectivity index (χ1n) is 19.0. The topological polar surface area (TPSA) is 134 Å². The van der Waals surface area contributed by atoms with Crippen molar-refractivity contribution < 1.29 is 37.6 Å². The fraction of sp³-hybridized carbons (Fsp3) is 0.789. The van der Waals surface area contributed by atoms with Crippen LogP contribution in [0.3, 0.4) is 0 Å². The minimum atomic E-state index is -4.37. The lowest BCUT2D eigenvalue weighted by atomic mass is 10.1. The zero-order valence-corrected chi connectivity index (χ0v) is 31.4. The molecule has 0 aliphatic heterocycles. The van der Waals surface area contributed by atoms with Gasteiger partial charge in [0.15, 0.2) is 6.10 Å². The van der Waals surface area contributed by atoms with Crippen LogP contribution in [0.1, 0.15) is 162 Å². The Morgan fingerprint density at radius 3 is 1.60 bits per heavy atom. The van der Waals surface area contributed by atoms with Crippen molar-refractivity contribution in [1.82, 2.24) is 0 Å². The van der Waals surface area contributed by atoms with E-state index in [-0.39, 0.29) is 32.6 Å². The number of hydrogen-bond acceptors (Lipinski definition) is 8. The van der Waals surface area contributed by atoms with E-state index in [0.29, 0.717) is 6.42 Å². The van der Waals surface area contributed by atoms with Gasteiger partial charge in [-0.1, -0.05) is 115 Å². The minimum Gasteiger partial charge on any atom is -0.462 e. The predicted molar refractivity (Wildman–Crippen MR) is 197 cm³/mol. The van der Waals surface area contributed by atoms with Crippen LogP contribution in [-0.2, 0) is 32.7 Å². The van der Waals surface area contributed by atoms with Crippen molar-refractivity contribution in [2.24, 2.45) is 5.73 Å². The second-order valence-corrected chi connectivity index (χ2v) is 13.9. The van der Waals surface area contributed by atoms with E-state index in [0.717, 1.165) is 77.0 Å². The monoisotopic (exact) mass is 699 g/mol. The van der Waals surface area contributed by atoms with Crippen LogP contribution in [-0.4, -0.2) is 49.3 Å². The molecule has 48 heavy (non-hydrogen) atoms. The van der Waals surface area contributed by atoms with Gasteiger partial charge in [0.05, 0.1) is 13.2 Å². The fourth-order valence-electron chi connectivity index (χ4n) is 4.89. The van der Waals surface area contributed by atoms with Crippen LogP contribution in [0.15, 0.2) is 36.5 Å². The van der Waals surface area contributed by atoms with Crippen LogP contribution in [0.5, 0.6) is 0 Å². The molecule has 9 nitrogen and oxygen atoms in total. The summed E-state index contributed by atoms with van der Waals surface area (Å²) in [6.07, 6.45) is 36.0. The summed E-state index contributed by atoms with van der Waals surface area (Å²) in [6, 6.07) is 0. The van der Waals surface area contributed by atoms with Gasteiger partial charge in [0.2, 0.25) is 0 Å². The summed E-state index contributed by atoms with van der Waals surface area (Å²) < 4.78 is 32.6. The standard InChI is InChI=1S/C38H70NO8P/c1-3-5-7-9-11-13-15-17-18-19-21-23-25-27-29-31-38(41)47-36(35-46-48(42,43)45-33-32-39)34-44-37(40)30-28-26-24-22-20-16-14-12-10-8-6-4-2/h11-14,17-18,36H,3-10,15-16,19-35,39H2,1-2H3,(H,42,43)/b13-11-,14-12-,18-17-/t36-/m1/s1. The highest BCUT2D eigenvalue weighted by Crippen LogP contribution is 2.43. The second kappa shape index (κ2) is 35.1. The van der Waals surface area contributed by atoms with Crippen molar-refractivity contribution in [3.05, 3.63) is 36.5 Å². The van der Waals surface area contributed by atoms with Crippen LogP contribution in [0.4, 0.5) is 0 Å². The van der Waals surface area contributed by atoms with Crippen molar-refractivity contribution >= 4 is 19.8 Å². The van der Waals surface area contributed by atoms with Gasteiger partial charge >= 0.3 is 19.8 Å². The summed E-state index contributed by atoms with van der Waals surface area (Å²) in [5, 5.41) is 0. The molecule has 0 aromatic heterocycles. The molecule has 0 amide bonds. The number of nitrogens with two attached hydrogens (primary N) is 1. The molecule has 0 aromatic rings. The maximum atomic E-state index is 12.5. The summed E-state index contributed by atoms with van der Waals surface area (Å²) in [7, 11) is -4.37. The van der Waals surface area contributed by atoms with E-state index >= 15 is 0 Å². The van der Waals surface area contributed by atoms with Crippen molar-refractivity contribution in [3.8, 4) is 0 Å². The van der Waals surface area contributed by atoms with Crippen LogP contribution in [0.25, 0.3) is 0 Å². The van der Waals surface area contributed by atoms with Crippen molar-refractivity contribution in [2.75, 3.05) is 26.4 Å². The Balaban J connectivity index is 4.27. The summed E-state index contributed by atoms with van der Waals surface area (Å²) in [4.78, 5) is 34.7. The third kappa shape index (κ3) is 34.1. The van der Waals surface area contributed by atoms with Crippen molar-refractivity contribution in [1.29, 1.82) is 0 Å². The van der Waals surface area contributed by atoms with Gasteiger partial charge < -0.3 is 20.1 Å². The average molecular weight is 700 g/mol. The highest BCUT2D eigenvalue weighted by Gasteiger charge is 2.25. The third-order valence-corrected chi connectivity index (χ3v) is 8.73. The van der Waals surface area contributed by atoms with Crippen LogP contribution >= 0.6 is 7.82 Å². The summed E-state index contributed by atoms with van der Waals surface area (Å²) in [5.41, 5.74) is 5.33. The smallest absolute Gasteiger partial charge is 0.462 e. The minimum absolute atomic E-state index is 0.0493. The predicted octanol–water partition coefficient (Wildman–Crippen LogP) is 10.2. The lowest BCUT2D eigenvalue weighted by molar-refractivity contribution is -0.161. The quantitative estimate of drug-likeness (QED) is 0.0287. The number of hydrogen-bond donors (Lipinski definition) is 2. The fourth-order valence-corrected chi connectivity index (χ4v) is 5.66. The van der Waals surface area contributed by atoms with Gasteiger partial charge in [0, 0.05) is 19.4 Å². The molecular formula is C38H70NO8P. The molecule has 0 aromatic carbocycles. The zero-order valence-electron chi connectivity index (χ0n) is 30.5. The Labute approximate surface area is 293 Å². The number of rotatable bonds is 35. The summed E-state index contributed by atoms with van der Waals surface area (Å²) >= 11 is 0. The normalized spacial score (nSPS) is 13.8. The molecule has 0 bridgehead atoms. The van der Waals surface area contributed by atoms with E-state index in [1.54, 1.807) is 0 Å². The van der Waals surface area contributed by atoms with E-state index in [4.69, 9.17) is 24.3 Å². The molecule has 1 unspecified atom stereocenters. The Hall–Kier alpha value is -1.77. The van der Waals surface area contributed by atoms with E-state index in [2.05, 4.69) is 50.3 Å². The number of esters is 2. The van der Waals surface area contributed by atoms with Gasteiger partial charge in [-0.2, -0.15) is 0 Å². The molecule has 280 valence electrons. The molecule has 0 aliphatic carbocycles. The first-order valence-corrected chi connectivity index (χ1v) is 20.5. The largest absolute Gasteiger partial charge is 0.472 e. The maximum Gasteiger partial charge on any atom is 0.472 e. The highest BCUT2D eigenvalue weighted by atomic mass is 31.2. The first-order chi connectivity index (χ1) is 23.3. The van der Waals surface area contributed by atoms with Gasteiger partial charge in [0.25, 0.3) is 0 Å². The van der Waals surface area contributed by atoms with Gasteiger partial charge in [-0.15, -0.1) is 0 Å². The number of carbonyl (C=O) groups is 2. The van der Waals surface area contributed by atoms with Crippen LogP contribution in [0, 0.1) is 0 Å². The molecule has 0 saturated heterocycles. The lowest BCUT2D eigenvalue weighted by Gasteiger charge is -2.19. The second-order valence-electron chi connectivity index (χ2n) is 12.4. The number of ether oxygens (including phenoxy) is 2. The van der Waals surface area contributed by atoms with E-state index in [9.17, 15) is 19.0 Å². The number of phosphoric acid groups is 1. The van der Waals surface area contributed by atoms with Crippen molar-refractivity contribution in [2.45, 2.75) is 168 Å². The molecule has 0 heterocycles. The number of phosphoric ester groups is 1. The zero-order chi connectivity index (χ0) is 35.4. The molecule has 0 radical (unpaired) electrons. The van der Waals surface area contributed by atoms with E-state index in [1.165, 1.54) is 51.4 Å². The Bertz CT molecular complexity index is 892. The maximum absolute atomic E-state index is 12.5. The first kappa shape index (κ1) is 46.2. The Morgan fingerprint density at radius 2 is 1.08 bits per heavy atom. The number of allylic oxidation sites excluding steroid dienone is 6. The van der Waals surface area contributed by atoms with E-state index in [1.807, 2.05) is 0 Å². The lowest BCUT2D eigenvalue weighted by Crippen LogP contribution is -2.29. The Morgan fingerprint density at radius 1 is 0.625 bits per heavy atom. The molecule has 3 N–H and O–H groups in total. The number of carbonyl (C=O) groups excluding carboxylic acids is 2. The summed E-state index contributed by atoms with van der Waals surface area (Å²) in [6.45, 7) is 3.63. The molecule has 0 rings (SSSR count). The third-order valence-electron chi connectivity index (χ3n) is 7.75. The van der Waals surface area contributed by atoms with Gasteiger partial charge in [-0.05, 0) is 70.6 Å². The van der Waals surface area contributed by atoms with Crippen molar-refractivity contribution in [3.63, 3.8) is 0 Å². The molecule has 0 saturated carbocycles. The molecule has 0 fully saturated rings. The van der Waals surface area contributed by atoms with E-state index < -0.39 is 32.5 Å². The molecule has 2 atom stereocenters. The number of unbranched alkanes of at least 4 members (excludes halogenated alkanes) is 16. The SMILES string of the molecule is CCCCC/C=C\C/C=C\CCCCCCCC(=O)O[C@H](COC(=O)CCCCCCC/C=C\CCCCC)COP(=O)(O)OCCN. The Kier molecular flexibility index (Phi) is 33.8. The molecule has 0 aliphatic rings. The average Bonchev–Trinajstić information content (AvgIpc) is 3.07. The highest BCUT2D eigenvalue weighted by molar-refractivity contribution is 7.47. The van der Waals surface area contributed by atoms with Crippen LogP contribution < -0.4 is 5.73 Å². The molecule has 0 spiro atoms. The van der Waals surface area contributed by atoms with Gasteiger partial charge in [0.1, 0.15) is 6.61 Å².